The molecule has 0 bridgehead atoms. The summed E-state index contributed by atoms with van der Waals surface area (Å²) in [6.45, 7) is 5.65. The van der Waals surface area contributed by atoms with Crippen LogP contribution in [0.2, 0.25) is 0 Å². The minimum Gasteiger partial charge on any atom is -0.496 e. The molecule has 7 heteroatoms. The molecule has 0 atom stereocenters. The van der Waals surface area contributed by atoms with Crippen LogP contribution in [0.5, 0.6) is 5.75 Å². The molecule has 2 aromatic rings. The van der Waals surface area contributed by atoms with E-state index in [0.717, 1.165) is 17.0 Å². The monoisotopic (exact) mass is 316 g/mol. The summed E-state index contributed by atoms with van der Waals surface area (Å²) in [6, 6.07) is 6.95. The Morgan fingerprint density at radius 1 is 1.17 bits per heavy atom. The maximum absolute atomic E-state index is 12.0. The van der Waals surface area contributed by atoms with Gasteiger partial charge in [-0.3, -0.25) is 25.1 Å². The third-order valence-corrected chi connectivity index (χ3v) is 3.38. The Balaban J connectivity index is 1.93. The lowest BCUT2D eigenvalue weighted by Crippen LogP contribution is -2.43. The molecule has 2 amide bonds. The molecule has 0 aliphatic heterocycles. The zero-order chi connectivity index (χ0) is 17.0. The third-order valence-electron chi connectivity index (χ3n) is 3.38. The first-order valence-corrected chi connectivity index (χ1v) is 7.15. The van der Waals surface area contributed by atoms with Gasteiger partial charge < -0.3 is 4.74 Å². The van der Waals surface area contributed by atoms with Crippen molar-refractivity contribution in [2.75, 3.05) is 7.11 Å². The van der Waals surface area contributed by atoms with E-state index in [1.807, 2.05) is 26.8 Å². The van der Waals surface area contributed by atoms with E-state index in [-0.39, 0.29) is 12.5 Å². The van der Waals surface area contributed by atoms with Gasteiger partial charge in [0.05, 0.1) is 12.8 Å². The molecule has 0 saturated carbocycles. The van der Waals surface area contributed by atoms with Gasteiger partial charge >= 0.3 is 0 Å². The highest BCUT2D eigenvalue weighted by molar-refractivity contribution is 5.95. The molecule has 0 fully saturated rings. The van der Waals surface area contributed by atoms with Crippen LogP contribution in [0.25, 0.3) is 0 Å². The third kappa shape index (κ3) is 4.09. The molecule has 1 aromatic carbocycles. The smallest absolute Gasteiger partial charge is 0.269 e. The molecule has 0 aliphatic rings. The first-order valence-electron chi connectivity index (χ1n) is 7.15. The van der Waals surface area contributed by atoms with Crippen LogP contribution in [-0.4, -0.2) is 28.7 Å². The number of hydrogen-bond acceptors (Lipinski definition) is 4. The van der Waals surface area contributed by atoms with Gasteiger partial charge in [0.25, 0.3) is 11.8 Å². The van der Waals surface area contributed by atoms with Crippen LogP contribution >= 0.6 is 0 Å². The van der Waals surface area contributed by atoms with Crippen LogP contribution in [0, 0.1) is 20.8 Å². The number of aryl methyl sites for hydroxylation is 3. The number of aromatic nitrogens is 2. The molecule has 0 unspecified atom stereocenters. The van der Waals surface area contributed by atoms with Gasteiger partial charge in [-0.2, -0.15) is 5.10 Å². The van der Waals surface area contributed by atoms with Crippen LogP contribution in [0.4, 0.5) is 0 Å². The maximum atomic E-state index is 12.0. The van der Waals surface area contributed by atoms with Gasteiger partial charge in [-0.05, 0) is 44.5 Å². The van der Waals surface area contributed by atoms with Gasteiger partial charge in [-0.25, -0.2) is 0 Å². The molecule has 122 valence electrons. The number of benzene rings is 1. The molecule has 1 heterocycles. The van der Waals surface area contributed by atoms with Crippen molar-refractivity contribution >= 4 is 11.8 Å². The lowest BCUT2D eigenvalue weighted by molar-refractivity contribution is -0.122. The Kier molecular flexibility index (Phi) is 5.00. The van der Waals surface area contributed by atoms with Gasteiger partial charge in [0.2, 0.25) is 0 Å². The van der Waals surface area contributed by atoms with E-state index in [1.54, 1.807) is 30.0 Å². The summed E-state index contributed by atoms with van der Waals surface area (Å²) in [5, 5.41) is 4.19. The zero-order valence-corrected chi connectivity index (χ0v) is 13.6. The summed E-state index contributed by atoms with van der Waals surface area (Å²) in [5.74, 6) is -0.153. The minimum atomic E-state index is -0.412. The predicted octanol–water partition coefficient (Wildman–Crippen LogP) is 1.28. The van der Waals surface area contributed by atoms with Crippen LogP contribution in [-0.2, 0) is 11.3 Å². The number of nitrogens with one attached hydrogen (secondary N) is 2. The van der Waals surface area contributed by atoms with Gasteiger partial charge in [-0.15, -0.1) is 0 Å². The normalized spacial score (nSPS) is 10.3. The highest BCUT2D eigenvalue weighted by Gasteiger charge is 2.11. The lowest BCUT2D eigenvalue weighted by atomic mass is 10.1. The van der Waals surface area contributed by atoms with E-state index in [9.17, 15) is 9.59 Å². The Morgan fingerprint density at radius 3 is 2.52 bits per heavy atom. The lowest BCUT2D eigenvalue weighted by Gasteiger charge is -2.10. The first kappa shape index (κ1) is 16.5. The fourth-order valence-electron chi connectivity index (χ4n) is 2.17. The number of ether oxygens (including phenoxy) is 1. The summed E-state index contributed by atoms with van der Waals surface area (Å²) in [4.78, 5) is 23.9. The molecule has 23 heavy (non-hydrogen) atoms. The molecule has 1 aromatic heterocycles. The highest BCUT2D eigenvalue weighted by atomic mass is 16.5. The zero-order valence-electron chi connectivity index (χ0n) is 13.6. The van der Waals surface area contributed by atoms with Gasteiger partial charge in [0.1, 0.15) is 12.3 Å². The summed E-state index contributed by atoms with van der Waals surface area (Å²) in [6.07, 6.45) is 0. The van der Waals surface area contributed by atoms with E-state index in [2.05, 4.69) is 16.0 Å². The quantitative estimate of drug-likeness (QED) is 0.832. The molecule has 0 aliphatic carbocycles. The molecular weight excluding hydrogens is 296 g/mol. The number of rotatable bonds is 4. The Hall–Kier alpha value is -2.83. The standard InChI is InChI=1S/C16H20N4O3/c1-10-5-6-13(8-14(10)23-4)16(22)18-17-15(21)9-20-12(3)7-11(2)19-20/h5-8H,9H2,1-4H3,(H,17,21)(H,18,22). The van der Waals surface area contributed by atoms with Gasteiger partial charge in [-0.1, -0.05) is 6.07 Å². The fourth-order valence-corrected chi connectivity index (χ4v) is 2.17. The first-order chi connectivity index (χ1) is 10.9. The molecule has 0 spiro atoms. The Morgan fingerprint density at radius 2 is 1.91 bits per heavy atom. The topological polar surface area (TPSA) is 85.3 Å². The van der Waals surface area contributed by atoms with Crippen molar-refractivity contribution in [1.82, 2.24) is 20.6 Å². The SMILES string of the molecule is COc1cc(C(=O)NNC(=O)Cn2nc(C)cc2C)ccc1C. The Labute approximate surface area is 134 Å². The van der Waals surface area contributed by atoms with Crippen molar-refractivity contribution in [1.29, 1.82) is 0 Å². The summed E-state index contributed by atoms with van der Waals surface area (Å²) >= 11 is 0. The van der Waals surface area contributed by atoms with Crippen LogP contribution in [0.3, 0.4) is 0 Å². The largest absolute Gasteiger partial charge is 0.496 e. The second kappa shape index (κ2) is 6.95. The maximum Gasteiger partial charge on any atom is 0.269 e. The molecule has 2 rings (SSSR count). The predicted molar refractivity (Wildman–Crippen MR) is 85.0 cm³/mol. The summed E-state index contributed by atoms with van der Waals surface area (Å²) in [7, 11) is 1.54. The molecule has 7 nitrogen and oxygen atoms in total. The Bertz CT molecular complexity index is 737. The van der Waals surface area contributed by atoms with Crippen molar-refractivity contribution in [2.45, 2.75) is 27.3 Å². The van der Waals surface area contributed by atoms with Crippen molar-refractivity contribution in [3.63, 3.8) is 0 Å². The average Bonchev–Trinajstić information content (AvgIpc) is 2.83. The van der Waals surface area contributed by atoms with E-state index in [4.69, 9.17) is 4.74 Å². The van der Waals surface area contributed by atoms with Crippen molar-refractivity contribution < 1.29 is 14.3 Å². The summed E-state index contributed by atoms with van der Waals surface area (Å²) < 4.78 is 6.75. The fraction of sp³-hybridized carbons (Fsp3) is 0.312. The van der Waals surface area contributed by atoms with Crippen molar-refractivity contribution in [3.05, 3.63) is 46.8 Å². The number of amides is 2. The average molecular weight is 316 g/mol. The molecule has 0 radical (unpaired) electrons. The van der Waals surface area contributed by atoms with Crippen molar-refractivity contribution in [2.24, 2.45) is 0 Å². The second-order valence-electron chi connectivity index (χ2n) is 5.27. The number of methoxy groups -OCH3 is 1. The van der Waals surface area contributed by atoms with E-state index in [1.165, 1.54) is 0 Å². The van der Waals surface area contributed by atoms with Gasteiger partial charge in [0.15, 0.2) is 0 Å². The van der Waals surface area contributed by atoms with Crippen molar-refractivity contribution in [3.8, 4) is 5.75 Å². The number of nitrogens with zero attached hydrogens (tertiary/aromatic N) is 2. The van der Waals surface area contributed by atoms with E-state index in [0.29, 0.717) is 11.3 Å². The molecule has 0 saturated heterocycles. The minimum absolute atomic E-state index is 0.0389. The van der Waals surface area contributed by atoms with E-state index >= 15 is 0 Å². The number of carbonyl (C=O) groups excluding carboxylic acids is 2. The van der Waals surface area contributed by atoms with Crippen LogP contribution in [0.15, 0.2) is 24.3 Å². The molecular formula is C16H20N4O3. The summed E-state index contributed by atoms with van der Waals surface area (Å²) in [5.41, 5.74) is 7.81. The highest BCUT2D eigenvalue weighted by Crippen LogP contribution is 2.18. The number of carbonyl (C=O) groups is 2. The number of hydrazine groups is 1. The van der Waals surface area contributed by atoms with Crippen LogP contribution in [0.1, 0.15) is 27.3 Å². The number of hydrogen-bond donors (Lipinski definition) is 2. The molecule has 2 N–H and O–H groups in total. The van der Waals surface area contributed by atoms with Gasteiger partial charge in [0, 0.05) is 11.3 Å². The van der Waals surface area contributed by atoms with E-state index < -0.39 is 5.91 Å². The second-order valence-corrected chi connectivity index (χ2v) is 5.27. The van der Waals surface area contributed by atoms with Crippen LogP contribution < -0.4 is 15.6 Å².